The smallest absolute Gasteiger partial charge is 0.241 e. The molecule has 0 N–H and O–H groups in total. The molecule has 1 nitrogen and oxygen atoms in total. The summed E-state index contributed by atoms with van der Waals surface area (Å²) in [5.74, 6) is -0.734. The molecule has 11 heavy (non-hydrogen) atoms. The second kappa shape index (κ2) is 3.44. The zero-order chi connectivity index (χ0) is 16.4. The maximum Gasteiger partial charge on any atom is 0.241 e. The SMILES string of the molecule is [2H]C1=C(O[Si](C)(C)C)C([2H])([2H])C([2H])([2H])C([2H])([2H])C1([2H])[2H]. The summed E-state index contributed by atoms with van der Waals surface area (Å²) >= 11 is 0. The molecule has 0 atom stereocenters. The first kappa shape index (κ1) is 2.62. The van der Waals surface area contributed by atoms with Crippen LogP contribution < -0.4 is 0 Å². The molecule has 1 aliphatic carbocycles. The number of hydrogen-bond acceptors (Lipinski definition) is 1. The Hall–Kier alpha value is -0.243. The molecular weight excluding hydrogens is 152 g/mol. The fourth-order valence-electron chi connectivity index (χ4n) is 0.596. The third-order valence-electron chi connectivity index (χ3n) is 0.885. The van der Waals surface area contributed by atoms with E-state index in [1.165, 1.54) is 0 Å². The highest BCUT2D eigenvalue weighted by molar-refractivity contribution is 6.70. The van der Waals surface area contributed by atoms with Gasteiger partial charge in [-0.05, 0) is 44.8 Å². The zero-order valence-electron chi connectivity index (χ0n) is 15.9. The first-order chi connectivity index (χ1) is 8.50. The van der Waals surface area contributed by atoms with Gasteiger partial charge in [-0.15, -0.1) is 0 Å². The molecule has 64 valence electrons. The van der Waals surface area contributed by atoms with Crippen molar-refractivity contribution in [1.82, 2.24) is 0 Å². The molecule has 0 amide bonds. The molecule has 0 saturated heterocycles. The van der Waals surface area contributed by atoms with Crippen LogP contribution in [0, 0.1) is 0 Å². The first-order valence-corrected chi connectivity index (χ1v) is 6.82. The van der Waals surface area contributed by atoms with E-state index in [1.807, 2.05) is 0 Å². The molecule has 0 aliphatic heterocycles. The Morgan fingerprint density at radius 3 is 2.91 bits per heavy atom. The van der Waals surface area contributed by atoms with Crippen molar-refractivity contribution in [3.05, 3.63) is 11.8 Å². The van der Waals surface area contributed by atoms with Crippen molar-refractivity contribution in [3.63, 3.8) is 0 Å². The molecule has 0 spiro atoms. The average Bonchev–Trinajstić information content (AvgIpc) is 2.21. The van der Waals surface area contributed by atoms with Gasteiger partial charge in [-0.3, -0.25) is 0 Å². The summed E-state index contributed by atoms with van der Waals surface area (Å²) in [5, 5.41) is 0. The molecule has 0 heterocycles. The van der Waals surface area contributed by atoms with Gasteiger partial charge in [-0.1, -0.05) is 0 Å². The summed E-state index contributed by atoms with van der Waals surface area (Å²) in [6.07, 6.45) is -12.2. The van der Waals surface area contributed by atoms with Gasteiger partial charge >= 0.3 is 0 Å². The molecule has 0 aromatic rings. The average molecular weight is 179 g/mol. The second-order valence-electron chi connectivity index (χ2n) is 3.17. The Kier molecular flexibility index (Phi) is 0.819. The van der Waals surface area contributed by atoms with Crippen LogP contribution in [0.25, 0.3) is 0 Å². The fourth-order valence-corrected chi connectivity index (χ4v) is 1.31. The summed E-state index contributed by atoms with van der Waals surface area (Å²) in [6, 6.07) is -0.968. The Labute approximate surface area is 83.2 Å². The number of hydrogen-bond donors (Lipinski definition) is 0. The minimum absolute atomic E-state index is 0.734. The third kappa shape index (κ3) is 3.61. The van der Waals surface area contributed by atoms with E-state index < -0.39 is 45.6 Å². The van der Waals surface area contributed by atoms with Crippen molar-refractivity contribution < 1.29 is 16.8 Å². The lowest BCUT2D eigenvalue weighted by atomic mass is 10.1. The Morgan fingerprint density at radius 2 is 2.27 bits per heavy atom. The van der Waals surface area contributed by atoms with E-state index in [0.29, 0.717) is 0 Å². The topological polar surface area (TPSA) is 9.23 Å². The van der Waals surface area contributed by atoms with Gasteiger partial charge in [0, 0.05) is 17.3 Å². The summed E-state index contributed by atoms with van der Waals surface area (Å²) in [6.45, 7) is 5.08. The van der Waals surface area contributed by atoms with Gasteiger partial charge in [-0.2, -0.15) is 0 Å². The molecule has 0 bridgehead atoms. The van der Waals surface area contributed by atoms with Crippen LogP contribution in [0.5, 0.6) is 0 Å². The highest BCUT2D eigenvalue weighted by Gasteiger charge is 2.18. The van der Waals surface area contributed by atoms with Gasteiger partial charge in [0.25, 0.3) is 0 Å². The van der Waals surface area contributed by atoms with Gasteiger partial charge in [-0.25, -0.2) is 0 Å². The molecular formula is C9H18OSi. The van der Waals surface area contributed by atoms with Crippen LogP contribution in [-0.4, -0.2) is 8.32 Å². The second-order valence-corrected chi connectivity index (χ2v) is 7.60. The van der Waals surface area contributed by atoms with E-state index in [9.17, 15) is 0 Å². The van der Waals surface area contributed by atoms with Crippen molar-refractivity contribution in [3.8, 4) is 0 Å². The zero-order valence-corrected chi connectivity index (χ0v) is 7.91. The van der Waals surface area contributed by atoms with Crippen LogP contribution in [-0.2, 0) is 4.43 Å². The van der Waals surface area contributed by atoms with Crippen LogP contribution in [0.15, 0.2) is 11.8 Å². The van der Waals surface area contributed by atoms with E-state index in [2.05, 4.69) is 0 Å². The molecule has 0 radical (unpaired) electrons. The lowest BCUT2D eigenvalue weighted by Gasteiger charge is -2.23. The molecule has 0 aromatic heterocycles. The Bertz CT molecular complexity index is 449. The van der Waals surface area contributed by atoms with Crippen molar-refractivity contribution in [2.75, 3.05) is 0 Å². The standard InChI is InChI=1S/C9H18OSi/c1-11(2,3)10-9-7-5-4-6-8-9/h7H,4-6,8H2,1-3H3/i4D2,5D2,6D2,7D,8D2. The van der Waals surface area contributed by atoms with Crippen LogP contribution in [0.1, 0.15) is 37.8 Å². The van der Waals surface area contributed by atoms with Gasteiger partial charge in [0.05, 0.1) is 7.13 Å². The summed E-state index contributed by atoms with van der Waals surface area (Å²) in [7, 11) is -2.42. The van der Waals surface area contributed by atoms with Crippen LogP contribution in [0.4, 0.5) is 0 Å². The van der Waals surface area contributed by atoms with E-state index in [-0.39, 0.29) is 0 Å². The van der Waals surface area contributed by atoms with E-state index in [4.69, 9.17) is 16.8 Å². The Morgan fingerprint density at radius 1 is 1.55 bits per heavy atom. The molecule has 0 saturated carbocycles. The van der Waals surface area contributed by atoms with Crippen molar-refractivity contribution in [2.24, 2.45) is 0 Å². The maximum atomic E-state index is 7.83. The molecule has 2 heteroatoms. The van der Waals surface area contributed by atoms with E-state index in [1.54, 1.807) is 19.6 Å². The fraction of sp³-hybridized carbons (Fsp3) is 0.778. The van der Waals surface area contributed by atoms with Crippen LogP contribution in [0.2, 0.25) is 19.6 Å². The van der Waals surface area contributed by atoms with Crippen molar-refractivity contribution >= 4 is 8.32 Å². The third-order valence-corrected chi connectivity index (χ3v) is 1.70. The summed E-state index contributed by atoms with van der Waals surface area (Å²) in [4.78, 5) is 0. The normalized spacial score (nSPS) is 50.6. The molecule has 0 unspecified atom stereocenters. The first-order valence-electron chi connectivity index (χ1n) is 7.91. The van der Waals surface area contributed by atoms with Crippen molar-refractivity contribution in [2.45, 2.75) is 45.1 Å². The van der Waals surface area contributed by atoms with Gasteiger partial charge < -0.3 is 4.43 Å². The molecule has 0 fully saturated rings. The minimum Gasteiger partial charge on any atom is -0.548 e. The quantitative estimate of drug-likeness (QED) is 0.591. The molecule has 0 aromatic carbocycles. The predicted molar refractivity (Wildman–Crippen MR) is 51.0 cm³/mol. The van der Waals surface area contributed by atoms with Crippen LogP contribution >= 0.6 is 0 Å². The largest absolute Gasteiger partial charge is 0.548 e. The highest BCUT2D eigenvalue weighted by Crippen LogP contribution is 2.21. The van der Waals surface area contributed by atoms with Gasteiger partial charge in [0.1, 0.15) is 0 Å². The monoisotopic (exact) mass is 179 g/mol. The summed E-state index contributed by atoms with van der Waals surface area (Å²) < 4.78 is 74.8. The van der Waals surface area contributed by atoms with E-state index >= 15 is 0 Å². The van der Waals surface area contributed by atoms with Crippen LogP contribution in [0.3, 0.4) is 0 Å². The van der Waals surface area contributed by atoms with E-state index in [0.717, 1.165) is 0 Å². The highest BCUT2D eigenvalue weighted by atomic mass is 28.4. The molecule has 1 rings (SSSR count). The van der Waals surface area contributed by atoms with Crippen molar-refractivity contribution in [1.29, 1.82) is 0 Å². The number of allylic oxidation sites excluding steroid dienone is 2. The van der Waals surface area contributed by atoms with Gasteiger partial charge in [0.2, 0.25) is 8.32 Å². The van der Waals surface area contributed by atoms with Gasteiger partial charge in [0.15, 0.2) is 0 Å². The lowest BCUT2D eigenvalue weighted by molar-refractivity contribution is 0.380. The number of rotatable bonds is 2. The minimum atomic E-state index is -3.19. The molecule has 1 aliphatic rings. The Balaban J connectivity index is 3.64. The summed E-state index contributed by atoms with van der Waals surface area (Å²) in [5.41, 5.74) is 0. The predicted octanol–water partition coefficient (Wildman–Crippen LogP) is 3.30. The maximum absolute atomic E-state index is 7.83. The lowest BCUT2D eigenvalue weighted by Crippen LogP contribution is -2.25.